The molecule has 4 heteroatoms. The van der Waals surface area contributed by atoms with Gasteiger partial charge in [0.25, 0.3) is 5.91 Å². The van der Waals surface area contributed by atoms with Crippen molar-refractivity contribution >= 4 is 11.5 Å². The van der Waals surface area contributed by atoms with E-state index in [9.17, 15) is 4.79 Å². The van der Waals surface area contributed by atoms with E-state index in [2.05, 4.69) is 59.5 Å². The van der Waals surface area contributed by atoms with Crippen LogP contribution in [0, 0.1) is 0 Å². The molecular formula is C28H25NO3. The fourth-order valence-corrected chi connectivity index (χ4v) is 5.22. The number of carbonyl (C=O) groups excluding carboxylic acids is 1. The first kappa shape index (κ1) is 19.2. The third kappa shape index (κ3) is 3.36. The van der Waals surface area contributed by atoms with Crippen LogP contribution in [0.25, 0.3) is 16.7 Å². The summed E-state index contributed by atoms with van der Waals surface area (Å²) in [7, 11) is 0. The first-order valence-electron chi connectivity index (χ1n) is 11.4. The van der Waals surface area contributed by atoms with Gasteiger partial charge in [-0.1, -0.05) is 54.6 Å². The zero-order valence-corrected chi connectivity index (χ0v) is 17.9. The van der Waals surface area contributed by atoms with Gasteiger partial charge in [-0.15, -0.1) is 0 Å². The van der Waals surface area contributed by atoms with Crippen LogP contribution in [0.15, 0.2) is 78.9 Å². The molecule has 3 aromatic carbocycles. The fourth-order valence-electron chi connectivity index (χ4n) is 5.22. The minimum atomic E-state index is 0.0859. The Balaban J connectivity index is 1.27. The molecule has 3 heterocycles. The Morgan fingerprint density at radius 3 is 2.41 bits per heavy atom. The molecule has 4 nitrogen and oxygen atoms in total. The average molecular weight is 424 g/mol. The lowest BCUT2D eigenvalue weighted by molar-refractivity contribution is 0.0691. The number of amides is 1. The predicted molar refractivity (Wildman–Crippen MR) is 125 cm³/mol. The molecule has 0 N–H and O–H groups in total. The molecule has 0 aliphatic carbocycles. The Bertz CT molecular complexity index is 1200. The van der Waals surface area contributed by atoms with Crippen LogP contribution in [0.5, 0.6) is 11.5 Å². The Morgan fingerprint density at radius 2 is 1.56 bits per heavy atom. The highest BCUT2D eigenvalue weighted by Gasteiger charge is 2.40. The van der Waals surface area contributed by atoms with E-state index >= 15 is 0 Å². The zero-order valence-electron chi connectivity index (χ0n) is 17.9. The summed E-state index contributed by atoms with van der Waals surface area (Å²) in [6.45, 7) is 1.07. The van der Waals surface area contributed by atoms with E-state index in [1.165, 1.54) is 22.3 Å². The Hall–Kier alpha value is -3.53. The van der Waals surface area contributed by atoms with Crippen molar-refractivity contribution in [1.82, 2.24) is 4.90 Å². The number of rotatable bonds is 3. The SMILES string of the molecule is O=C(c1ccc2c(c1)OCCO2)N1C2C=C(c3cccc(-c4ccccc4)c3)CC1CC2. The standard InChI is InChI=1S/C28H25NO3/c30-28(22-9-12-26-27(18-22)32-14-13-31-26)29-24-10-11-25(29)17-23(16-24)21-8-4-7-20(15-21)19-5-2-1-3-6-19/h1-9,12,15-16,18,24-25H,10-11,13-14,17H2. The van der Waals surface area contributed by atoms with E-state index in [-0.39, 0.29) is 18.0 Å². The lowest BCUT2D eigenvalue weighted by atomic mass is 9.92. The molecular weight excluding hydrogens is 398 g/mol. The van der Waals surface area contributed by atoms with E-state index in [4.69, 9.17) is 9.47 Å². The minimum Gasteiger partial charge on any atom is -0.486 e. The molecule has 2 unspecified atom stereocenters. The van der Waals surface area contributed by atoms with E-state index in [1.54, 1.807) is 0 Å². The number of hydrogen-bond acceptors (Lipinski definition) is 3. The number of benzene rings is 3. The normalized spacial score (nSPS) is 21.2. The molecule has 1 saturated heterocycles. The quantitative estimate of drug-likeness (QED) is 0.552. The molecule has 0 radical (unpaired) electrons. The van der Waals surface area contributed by atoms with Crippen LogP contribution < -0.4 is 9.47 Å². The van der Waals surface area contributed by atoms with Gasteiger partial charge >= 0.3 is 0 Å². The highest BCUT2D eigenvalue weighted by atomic mass is 16.6. The third-order valence-electron chi connectivity index (χ3n) is 6.76. The molecule has 0 spiro atoms. The second kappa shape index (κ2) is 7.86. The molecule has 1 fully saturated rings. The second-order valence-electron chi connectivity index (χ2n) is 8.71. The van der Waals surface area contributed by atoms with Crippen molar-refractivity contribution in [1.29, 1.82) is 0 Å². The van der Waals surface area contributed by atoms with Gasteiger partial charge in [0.2, 0.25) is 0 Å². The van der Waals surface area contributed by atoms with Crippen LogP contribution >= 0.6 is 0 Å². The van der Waals surface area contributed by atoms with Gasteiger partial charge in [-0.05, 0) is 65.8 Å². The Kier molecular flexibility index (Phi) is 4.71. The maximum Gasteiger partial charge on any atom is 0.254 e. The first-order chi connectivity index (χ1) is 15.8. The van der Waals surface area contributed by atoms with Crippen molar-refractivity contribution < 1.29 is 14.3 Å². The second-order valence-corrected chi connectivity index (χ2v) is 8.71. The molecule has 160 valence electrons. The number of fused-ring (bicyclic) bond motifs is 3. The van der Waals surface area contributed by atoms with Crippen molar-refractivity contribution in [2.45, 2.75) is 31.3 Å². The van der Waals surface area contributed by atoms with Crippen LogP contribution in [0.3, 0.4) is 0 Å². The summed E-state index contributed by atoms with van der Waals surface area (Å²) in [6, 6.07) is 25.2. The largest absolute Gasteiger partial charge is 0.486 e. The summed E-state index contributed by atoms with van der Waals surface area (Å²) in [5.41, 5.74) is 5.74. The summed E-state index contributed by atoms with van der Waals surface area (Å²) < 4.78 is 11.3. The summed E-state index contributed by atoms with van der Waals surface area (Å²) in [6.07, 6.45) is 5.26. The lowest BCUT2D eigenvalue weighted by Gasteiger charge is -2.34. The molecule has 3 aliphatic rings. The van der Waals surface area contributed by atoms with Crippen molar-refractivity contribution in [2.75, 3.05) is 13.2 Å². The van der Waals surface area contributed by atoms with Crippen LogP contribution in [0.2, 0.25) is 0 Å². The Morgan fingerprint density at radius 1 is 0.781 bits per heavy atom. The molecule has 2 atom stereocenters. The van der Waals surface area contributed by atoms with Gasteiger partial charge in [0.05, 0.1) is 6.04 Å². The van der Waals surface area contributed by atoms with E-state index < -0.39 is 0 Å². The molecule has 0 aromatic heterocycles. The third-order valence-corrected chi connectivity index (χ3v) is 6.76. The van der Waals surface area contributed by atoms with Crippen LogP contribution in [-0.4, -0.2) is 36.1 Å². The van der Waals surface area contributed by atoms with Gasteiger partial charge in [-0.3, -0.25) is 4.79 Å². The number of nitrogens with zero attached hydrogens (tertiary/aromatic N) is 1. The molecule has 3 aliphatic heterocycles. The van der Waals surface area contributed by atoms with Crippen molar-refractivity contribution in [3.05, 3.63) is 90.0 Å². The van der Waals surface area contributed by atoms with Gasteiger partial charge in [-0.2, -0.15) is 0 Å². The predicted octanol–water partition coefficient (Wildman–Crippen LogP) is 5.59. The smallest absolute Gasteiger partial charge is 0.254 e. The van der Waals surface area contributed by atoms with E-state index in [0.717, 1.165) is 25.0 Å². The van der Waals surface area contributed by atoms with Crippen LogP contribution in [0.1, 0.15) is 35.2 Å². The average Bonchev–Trinajstić information content (AvgIpc) is 3.12. The topological polar surface area (TPSA) is 38.8 Å². The maximum atomic E-state index is 13.4. The summed E-state index contributed by atoms with van der Waals surface area (Å²) in [4.78, 5) is 15.5. The van der Waals surface area contributed by atoms with Gasteiger partial charge in [0.15, 0.2) is 11.5 Å². The van der Waals surface area contributed by atoms with E-state index in [0.29, 0.717) is 24.5 Å². The molecule has 32 heavy (non-hydrogen) atoms. The van der Waals surface area contributed by atoms with Crippen LogP contribution in [-0.2, 0) is 0 Å². The lowest BCUT2D eigenvalue weighted by Crippen LogP contribution is -2.43. The van der Waals surface area contributed by atoms with Crippen molar-refractivity contribution in [2.24, 2.45) is 0 Å². The minimum absolute atomic E-state index is 0.0859. The maximum absolute atomic E-state index is 13.4. The number of ether oxygens (including phenoxy) is 2. The summed E-state index contributed by atoms with van der Waals surface area (Å²) in [5.74, 6) is 1.47. The zero-order chi connectivity index (χ0) is 21.5. The van der Waals surface area contributed by atoms with Crippen molar-refractivity contribution in [3.63, 3.8) is 0 Å². The number of carbonyl (C=O) groups is 1. The molecule has 1 amide bonds. The van der Waals surface area contributed by atoms with Crippen molar-refractivity contribution in [3.8, 4) is 22.6 Å². The molecule has 2 bridgehead atoms. The summed E-state index contributed by atoms with van der Waals surface area (Å²) >= 11 is 0. The van der Waals surface area contributed by atoms with Gasteiger partial charge in [0.1, 0.15) is 13.2 Å². The highest BCUT2D eigenvalue weighted by Crippen LogP contribution is 2.41. The molecule has 0 saturated carbocycles. The summed E-state index contributed by atoms with van der Waals surface area (Å²) in [5, 5.41) is 0. The first-order valence-corrected chi connectivity index (χ1v) is 11.4. The number of hydrogen-bond donors (Lipinski definition) is 0. The molecule has 6 rings (SSSR count). The Labute approximate surface area is 188 Å². The monoisotopic (exact) mass is 423 g/mol. The van der Waals surface area contributed by atoms with Gasteiger partial charge in [-0.25, -0.2) is 0 Å². The fraction of sp³-hybridized carbons (Fsp3) is 0.250. The van der Waals surface area contributed by atoms with Crippen LogP contribution in [0.4, 0.5) is 0 Å². The van der Waals surface area contributed by atoms with E-state index in [1.807, 2.05) is 24.3 Å². The van der Waals surface area contributed by atoms with Gasteiger partial charge in [0, 0.05) is 11.6 Å². The molecule has 3 aromatic rings. The highest BCUT2D eigenvalue weighted by molar-refractivity contribution is 5.96. The van der Waals surface area contributed by atoms with Gasteiger partial charge < -0.3 is 14.4 Å².